The Labute approximate surface area is 178 Å². The van der Waals surface area contributed by atoms with Gasteiger partial charge in [-0.15, -0.1) is 0 Å². The molecule has 0 unspecified atom stereocenters. The molecule has 1 aromatic rings. The van der Waals surface area contributed by atoms with Crippen LogP contribution in [0.1, 0.15) is 55.8 Å². The van der Waals surface area contributed by atoms with E-state index in [1.807, 2.05) is 12.1 Å². The van der Waals surface area contributed by atoms with Crippen molar-refractivity contribution in [1.29, 1.82) is 0 Å². The van der Waals surface area contributed by atoms with E-state index in [-0.39, 0.29) is 11.9 Å². The summed E-state index contributed by atoms with van der Waals surface area (Å²) in [6, 6.07) is 7.12. The Morgan fingerprint density at radius 1 is 1.00 bits per heavy atom. The van der Waals surface area contributed by atoms with Crippen LogP contribution >= 0.6 is 12.2 Å². The average Bonchev–Trinajstić information content (AvgIpc) is 3.03. The van der Waals surface area contributed by atoms with Gasteiger partial charge in [-0.2, -0.15) is 0 Å². The highest BCUT2D eigenvalue weighted by atomic mass is 32.1. The zero-order valence-corrected chi connectivity index (χ0v) is 18.0. The molecule has 2 aliphatic heterocycles. The molecule has 2 fully saturated rings. The van der Waals surface area contributed by atoms with Crippen LogP contribution in [0.5, 0.6) is 0 Å². The molecule has 158 valence electrons. The predicted octanol–water partition coefficient (Wildman–Crippen LogP) is 3.67. The molecule has 7 heteroatoms. The van der Waals surface area contributed by atoms with Gasteiger partial charge in [0, 0.05) is 37.8 Å². The minimum atomic E-state index is -0.322. The Bertz CT molecular complexity index is 707. The number of thiocarbonyl (C=S) groups is 1. The standard InChI is InChI=1S/C22H31N3O3S/c1-2-28-21(27)18-7-9-19(10-8-18)23-22(29)25-15-11-17(12-16-25)20(26)24-13-5-3-4-6-14-24/h7-10,17H,2-6,11-16H2,1H3,(H,23,29). The summed E-state index contributed by atoms with van der Waals surface area (Å²) in [5.74, 6) is 0.133. The van der Waals surface area contributed by atoms with Crippen LogP contribution < -0.4 is 5.32 Å². The van der Waals surface area contributed by atoms with E-state index in [2.05, 4.69) is 15.1 Å². The van der Waals surface area contributed by atoms with Gasteiger partial charge in [-0.25, -0.2) is 4.79 Å². The van der Waals surface area contributed by atoms with Crippen molar-refractivity contribution in [2.75, 3.05) is 38.1 Å². The zero-order valence-electron chi connectivity index (χ0n) is 17.2. The fraction of sp³-hybridized carbons (Fsp3) is 0.591. The number of anilines is 1. The molecule has 0 atom stereocenters. The van der Waals surface area contributed by atoms with Crippen LogP contribution in [-0.2, 0) is 9.53 Å². The SMILES string of the molecule is CCOC(=O)c1ccc(NC(=S)N2CCC(C(=O)N3CCCCCC3)CC2)cc1. The number of hydrogen-bond acceptors (Lipinski definition) is 4. The highest BCUT2D eigenvalue weighted by molar-refractivity contribution is 7.80. The summed E-state index contributed by atoms with van der Waals surface area (Å²) < 4.78 is 5.00. The third kappa shape index (κ3) is 5.92. The van der Waals surface area contributed by atoms with Gasteiger partial charge in [0.1, 0.15) is 0 Å². The number of carbonyl (C=O) groups excluding carboxylic acids is 2. The molecular formula is C22H31N3O3S. The minimum absolute atomic E-state index is 0.121. The second kappa shape index (κ2) is 10.6. The quantitative estimate of drug-likeness (QED) is 0.596. The second-order valence-corrected chi connectivity index (χ2v) is 8.12. The fourth-order valence-corrected chi connectivity index (χ4v) is 4.29. The number of ether oxygens (including phenoxy) is 1. The van der Waals surface area contributed by atoms with Crippen LogP contribution in [0, 0.1) is 5.92 Å². The van der Waals surface area contributed by atoms with E-state index < -0.39 is 0 Å². The van der Waals surface area contributed by atoms with Crippen molar-refractivity contribution in [2.24, 2.45) is 5.92 Å². The molecule has 0 aromatic heterocycles. The summed E-state index contributed by atoms with van der Waals surface area (Å²) >= 11 is 5.56. The van der Waals surface area contributed by atoms with Crippen LogP contribution in [0.3, 0.4) is 0 Å². The molecule has 3 rings (SSSR count). The van der Waals surface area contributed by atoms with Crippen LogP contribution in [0.15, 0.2) is 24.3 Å². The predicted molar refractivity (Wildman–Crippen MR) is 118 cm³/mol. The number of nitrogens with zero attached hydrogens (tertiary/aromatic N) is 2. The largest absolute Gasteiger partial charge is 0.462 e. The first-order valence-electron chi connectivity index (χ1n) is 10.7. The molecule has 0 radical (unpaired) electrons. The molecule has 1 aromatic carbocycles. The lowest BCUT2D eigenvalue weighted by atomic mass is 9.95. The third-order valence-electron chi connectivity index (χ3n) is 5.70. The molecule has 0 aliphatic carbocycles. The lowest BCUT2D eigenvalue weighted by molar-refractivity contribution is -0.136. The lowest BCUT2D eigenvalue weighted by Gasteiger charge is -2.35. The van der Waals surface area contributed by atoms with Crippen molar-refractivity contribution < 1.29 is 14.3 Å². The van der Waals surface area contributed by atoms with Gasteiger partial charge in [-0.1, -0.05) is 12.8 Å². The van der Waals surface area contributed by atoms with Gasteiger partial charge in [0.2, 0.25) is 5.91 Å². The highest BCUT2D eigenvalue weighted by Crippen LogP contribution is 2.22. The van der Waals surface area contributed by atoms with Crippen LogP contribution in [0.25, 0.3) is 0 Å². The van der Waals surface area contributed by atoms with E-state index in [0.29, 0.717) is 23.2 Å². The van der Waals surface area contributed by atoms with Crippen molar-refractivity contribution in [2.45, 2.75) is 45.4 Å². The van der Waals surface area contributed by atoms with Crippen molar-refractivity contribution in [1.82, 2.24) is 9.80 Å². The fourth-order valence-electron chi connectivity index (χ4n) is 3.99. The molecule has 6 nitrogen and oxygen atoms in total. The summed E-state index contributed by atoms with van der Waals surface area (Å²) in [4.78, 5) is 28.8. The lowest BCUT2D eigenvalue weighted by Crippen LogP contribution is -2.45. The molecule has 0 spiro atoms. The van der Waals surface area contributed by atoms with Gasteiger partial charge >= 0.3 is 5.97 Å². The summed E-state index contributed by atoms with van der Waals surface area (Å²) in [6.07, 6.45) is 6.44. The average molecular weight is 418 g/mol. The van der Waals surface area contributed by atoms with Crippen LogP contribution in [-0.4, -0.2) is 59.6 Å². The van der Waals surface area contributed by atoms with Crippen LogP contribution in [0.4, 0.5) is 5.69 Å². The van der Waals surface area contributed by atoms with E-state index in [1.54, 1.807) is 19.1 Å². The van der Waals surface area contributed by atoms with E-state index in [0.717, 1.165) is 57.5 Å². The van der Waals surface area contributed by atoms with Gasteiger partial charge < -0.3 is 19.9 Å². The van der Waals surface area contributed by atoms with E-state index in [1.165, 1.54) is 12.8 Å². The van der Waals surface area contributed by atoms with Crippen LogP contribution in [0.2, 0.25) is 0 Å². The summed E-state index contributed by atoms with van der Waals surface area (Å²) in [6.45, 7) is 5.56. The highest BCUT2D eigenvalue weighted by Gasteiger charge is 2.29. The number of hydrogen-bond donors (Lipinski definition) is 1. The maximum absolute atomic E-state index is 12.8. The van der Waals surface area contributed by atoms with Crippen molar-refractivity contribution in [3.05, 3.63) is 29.8 Å². The first-order valence-corrected chi connectivity index (χ1v) is 11.1. The first-order chi connectivity index (χ1) is 14.1. The van der Waals surface area contributed by atoms with E-state index in [4.69, 9.17) is 17.0 Å². The number of nitrogens with one attached hydrogen (secondary N) is 1. The first kappa shape index (κ1) is 21.6. The molecule has 2 saturated heterocycles. The van der Waals surface area contributed by atoms with Gasteiger partial charge in [-0.3, -0.25) is 4.79 Å². The maximum atomic E-state index is 12.8. The Morgan fingerprint density at radius 3 is 2.21 bits per heavy atom. The summed E-state index contributed by atoms with van der Waals surface area (Å²) in [5, 5.41) is 3.90. The van der Waals surface area contributed by atoms with Gasteiger partial charge in [0.05, 0.1) is 12.2 Å². The number of benzene rings is 1. The van der Waals surface area contributed by atoms with Gasteiger partial charge in [-0.05, 0) is 69.1 Å². The van der Waals surface area contributed by atoms with Crippen molar-refractivity contribution >= 4 is 34.9 Å². The van der Waals surface area contributed by atoms with E-state index in [9.17, 15) is 9.59 Å². The number of piperidine rings is 1. The molecule has 29 heavy (non-hydrogen) atoms. The second-order valence-electron chi connectivity index (χ2n) is 7.73. The number of likely N-dealkylation sites (tertiary alicyclic amines) is 2. The molecule has 0 bridgehead atoms. The smallest absolute Gasteiger partial charge is 0.338 e. The summed E-state index contributed by atoms with van der Waals surface area (Å²) in [7, 11) is 0. The molecular weight excluding hydrogens is 386 g/mol. The maximum Gasteiger partial charge on any atom is 0.338 e. The molecule has 1 N–H and O–H groups in total. The van der Waals surface area contributed by atoms with Gasteiger partial charge in [0.25, 0.3) is 0 Å². The zero-order chi connectivity index (χ0) is 20.6. The third-order valence-corrected chi connectivity index (χ3v) is 6.06. The number of rotatable bonds is 4. The Kier molecular flexibility index (Phi) is 7.86. The van der Waals surface area contributed by atoms with Crippen molar-refractivity contribution in [3.63, 3.8) is 0 Å². The number of carbonyl (C=O) groups is 2. The molecule has 0 saturated carbocycles. The van der Waals surface area contributed by atoms with Gasteiger partial charge in [0.15, 0.2) is 5.11 Å². The Morgan fingerprint density at radius 2 is 1.62 bits per heavy atom. The Hall–Kier alpha value is -2.15. The summed E-state index contributed by atoms with van der Waals surface area (Å²) in [5.41, 5.74) is 1.36. The Balaban J connectivity index is 1.47. The molecule has 1 amide bonds. The van der Waals surface area contributed by atoms with E-state index >= 15 is 0 Å². The minimum Gasteiger partial charge on any atom is -0.462 e. The number of esters is 1. The topological polar surface area (TPSA) is 61.9 Å². The monoisotopic (exact) mass is 417 g/mol. The normalized spacial score (nSPS) is 18.1. The molecule has 2 aliphatic rings. The molecule has 2 heterocycles. The van der Waals surface area contributed by atoms with Crippen molar-refractivity contribution in [3.8, 4) is 0 Å². The number of amides is 1.